The molecule has 0 spiro atoms. The van der Waals surface area contributed by atoms with E-state index in [-0.39, 0.29) is 17.7 Å². The monoisotopic (exact) mass is 201 g/mol. The van der Waals surface area contributed by atoms with Gasteiger partial charge in [0.2, 0.25) is 0 Å². The number of hydrogen-bond donors (Lipinski definition) is 0. The first-order valence-electron chi connectivity index (χ1n) is 3.67. The van der Waals surface area contributed by atoms with Crippen LogP contribution in [-0.4, -0.2) is 27.7 Å². The summed E-state index contributed by atoms with van der Waals surface area (Å²) in [5, 5.41) is 0.425. The third-order valence-corrected chi connectivity index (χ3v) is 1.76. The molecular formula is C7H7NO4S. The molecule has 0 aromatic carbocycles. The lowest BCUT2D eigenvalue weighted by atomic mass is 10.4. The van der Waals surface area contributed by atoms with E-state index in [0.717, 1.165) is 0 Å². The van der Waals surface area contributed by atoms with Gasteiger partial charge in [0.05, 0.1) is 11.3 Å². The molecule has 0 aliphatic carbocycles. The average Bonchev–Trinajstić information content (AvgIpc) is 2.32. The Morgan fingerprint density at radius 1 is 1.62 bits per heavy atom. The average molecular weight is 201 g/mol. The van der Waals surface area contributed by atoms with E-state index in [4.69, 9.17) is 0 Å². The zero-order valence-electron chi connectivity index (χ0n) is 6.90. The fourth-order valence-corrected chi connectivity index (χ4v) is 0.976. The van der Waals surface area contributed by atoms with Crippen LogP contribution in [0.3, 0.4) is 0 Å². The number of rotatable bonds is 2. The van der Waals surface area contributed by atoms with Crippen LogP contribution >= 0.6 is 12.2 Å². The summed E-state index contributed by atoms with van der Waals surface area (Å²) in [6.07, 6.45) is -0.0466. The number of hydrogen-bond acceptors (Lipinski definition) is 5. The summed E-state index contributed by atoms with van der Waals surface area (Å²) in [6, 6.07) is 0. The van der Waals surface area contributed by atoms with Crippen LogP contribution in [0.4, 0.5) is 0 Å². The predicted molar refractivity (Wildman–Crippen MR) is 45.5 cm³/mol. The Morgan fingerprint density at radius 2 is 2.23 bits per heavy atom. The first-order valence-corrected chi connectivity index (χ1v) is 4.08. The molecule has 0 bridgehead atoms. The second-order valence-electron chi connectivity index (χ2n) is 2.41. The van der Waals surface area contributed by atoms with Crippen LogP contribution in [0.1, 0.15) is 19.8 Å². The Morgan fingerprint density at radius 3 is 2.62 bits per heavy atom. The Balaban J connectivity index is 2.70. The highest BCUT2D eigenvalue weighted by atomic mass is 32.1. The van der Waals surface area contributed by atoms with Crippen molar-refractivity contribution in [3.63, 3.8) is 0 Å². The van der Waals surface area contributed by atoms with Crippen molar-refractivity contribution < 1.29 is 19.2 Å². The molecule has 1 aliphatic rings. The minimum atomic E-state index is -0.707. The molecule has 6 heteroatoms. The molecule has 1 aliphatic heterocycles. The van der Waals surface area contributed by atoms with Gasteiger partial charge >= 0.3 is 11.9 Å². The lowest BCUT2D eigenvalue weighted by Gasteiger charge is -2.10. The Bertz CT molecular complexity index is 299. The van der Waals surface area contributed by atoms with E-state index in [9.17, 15) is 14.4 Å². The topological polar surface area (TPSA) is 63.7 Å². The number of nitrogens with zero attached hydrogens (tertiary/aromatic N) is 1. The quantitative estimate of drug-likeness (QED) is 0.464. The van der Waals surface area contributed by atoms with Crippen LogP contribution in [0.25, 0.3) is 0 Å². The fraction of sp³-hybridized carbons (Fsp3) is 0.429. The van der Waals surface area contributed by atoms with Crippen LogP contribution in [0.2, 0.25) is 0 Å². The van der Waals surface area contributed by atoms with Crippen LogP contribution in [-0.2, 0) is 19.2 Å². The molecule has 1 rings (SSSR count). The number of carbonyl (C=O) groups is 3. The standard InChI is InChI=1S/C7H7NO4S/c1-2-6(10)12-8-5(9)3-4(13)7(8)11/h2-3H2,1H3. The molecule has 2 amide bonds. The number of hydroxylamine groups is 2. The van der Waals surface area contributed by atoms with E-state index in [0.29, 0.717) is 5.06 Å². The van der Waals surface area contributed by atoms with Crippen molar-refractivity contribution in [3.05, 3.63) is 0 Å². The van der Waals surface area contributed by atoms with Gasteiger partial charge in [-0.3, -0.25) is 9.59 Å². The number of imide groups is 1. The van der Waals surface area contributed by atoms with Gasteiger partial charge in [-0.25, -0.2) is 4.79 Å². The summed E-state index contributed by atoms with van der Waals surface area (Å²) in [7, 11) is 0. The van der Waals surface area contributed by atoms with E-state index < -0.39 is 17.8 Å². The lowest BCUT2D eigenvalue weighted by molar-refractivity contribution is -0.196. The third-order valence-electron chi connectivity index (χ3n) is 1.44. The highest BCUT2D eigenvalue weighted by Crippen LogP contribution is 2.11. The minimum absolute atomic E-state index is 0.0195. The van der Waals surface area contributed by atoms with Crippen LogP contribution in [0.15, 0.2) is 0 Å². The van der Waals surface area contributed by atoms with E-state index in [1.165, 1.54) is 0 Å². The van der Waals surface area contributed by atoms with Crippen molar-refractivity contribution in [3.8, 4) is 0 Å². The number of amides is 2. The molecule has 1 heterocycles. The molecule has 5 nitrogen and oxygen atoms in total. The summed E-state index contributed by atoms with van der Waals surface area (Å²) in [4.78, 5) is 37.2. The van der Waals surface area contributed by atoms with E-state index >= 15 is 0 Å². The predicted octanol–water partition coefficient (Wildman–Crippen LogP) is -0.0166. The van der Waals surface area contributed by atoms with Gasteiger partial charge < -0.3 is 4.84 Å². The van der Waals surface area contributed by atoms with Gasteiger partial charge in [0.15, 0.2) is 0 Å². The molecule has 1 saturated heterocycles. The summed E-state index contributed by atoms with van der Waals surface area (Å²) in [5.74, 6) is -1.93. The van der Waals surface area contributed by atoms with E-state index in [2.05, 4.69) is 17.1 Å². The van der Waals surface area contributed by atoms with Gasteiger partial charge in [0.1, 0.15) is 0 Å². The van der Waals surface area contributed by atoms with Crippen molar-refractivity contribution in [1.82, 2.24) is 5.06 Å². The maximum absolute atomic E-state index is 11.1. The van der Waals surface area contributed by atoms with Gasteiger partial charge in [-0.2, -0.15) is 0 Å². The summed E-state index contributed by atoms with van der Waals surface area (Å²) >= 11 is 4.58. The minimum Gasteiger partial charge on any atom is -0.330 e. The molecule has 0 aromatic rings. The highest BCUT2D eigenvalue weighted by molar-refractivity contribution is 7.82. The van der Waals surface area contributed by atoms with Crippen molar-refractivity contribution in [2.45, 2.75) is 19.8 Å². The maximum Gasteiger partial charge on any atom is 0.332 e. The van der Waals surface area contributed by atoms with Gasteiger partial charge in [0.25, 0.3) is 5.91 Å². The Labute approximate surface area is 79.6 Å². The first-order chi connectivity index (χ1) is 6.06. The normalized spacial score (nSPS) is 16.7. The molecule has 0 atom stereocenters. The van der Waals surface area contributed by atoms with Gasteiger partial charge in [-0.15, -0.1) is 0 Å². The van der Waals surface area contributed by atoms with Gasteiger partial charge in [-0.05, 0) is 0 Å². The van der Waals surface area contributed by atoms with E-state index in [1.807, 2.05) is 0 Å². The van der Waals surface area contributed by atoms with Gasteiger partial charge in [0, 0.05) is 6.42 Å². The van der Waals surface area contributed by atoms with Crippen LogP contribution < -0.4 is 0 Å². The smallest absolute Gasteiger partial charge is 0.330 e. The zero-order chi connectivity index (χ0) is 10.0. The lowest BCUT2D eigenvalue weighted by Crippen LogP contribution is -2.32. The van der Waals surface area contributed by atoms with Crippen LogP contribution in [0.5, 0.6) is 0 Å². The third kappa shape index (κ3) is 1.89. The largest absolute Gasteiger partial charge is 0.332 e. The van der Waals surface area contributed by atoms with Crippen molar-refractivity contribution >= 4 is 34.9 Å². The first kappa shape index (κ1) is 9.79. The molecule has 0 unspecified atom stereocenters. The summed E-state index contributed by atoms with van der Waals surface area (Å²) in [6.45, 7) is 1.56. The van der Waals surface area contributed by atoms with Crippen LogP contribution in [0, 0.1) is 0 Å². The van der Waals surface area contributed by atoms with Gasteiger partial charge in [-0.1, -0.05) is 24.2 Å². The van der Waals surface area contributed by atoms with Crippen molar-refractivity contribution in [1.29, 1.82) is 0 Å². The molecule has 70 valence electrons. The maximum atomic E-state index is 11.1. The Hall–Kier alpha value is -1.30. The second kappa shape index (κ2) is 3.61. The second-order valence-corrected chi connectivity index (χ2v) is 2.90. The van der Waals surface area contributed by atoms with Crippen molar-refractivity contribution in [2.24, 2.45) is 0 Å². The van der Waals surface area contributed by atoms with E-state index in [1.54, 1.807) is 6.92 Å². The fourth-order valence-electron chi connectivity index (χ4n) is 0.770. The molecule has 0 N–H and O–H groups in total. The molecular weight excluding hydrogens is 194 g/mol. The Kier molecular flexibility index (Phi) is 2.72. The molecule has 1 fully saturated rings. The molecule has 0 radical (unpaired) electrons. The molecule has 0 saturated carbocycles. The zero-order valence-corrected chi connectivity index (χ0v) is 7.72. The number of carbonyl (C=O) groups excluding carboxylic acids is 3. The SMILES string of the molecule is CCC(=O)ON1C(=O)CC(=S)C1=O. The number of thiocarbonyl (C=S) groups is 1. The highest BCUT2D eigenvalue weighted by Gasteiger charge is 2.37. The molecule has 13 heavy (non-hydrogen) atoms. The summed E-state index contributed by atoms with van der Waals surface area (Å²) < 4.78 is 0. The molecule has 0 aromatic heterocycles. The summed E-state index contributed by atoms with van der Waals surface area (Å²) in [5.41, 5.74) is 0. The van der Waals surface area contributed by atoms with Crippen molar-refractivity contribution in [2.75, 3.05) is 0 Å².